The van der Waals surface area contributed by atoms with Crippen LogP contribution in [0.1, 0.15) is 35.9 Å². The number of carbonyl (C=O) groups excluding carboxylic acids is 1. The number of carbonyl (C=O) groups is 1. The van der Waals surface area contributed by atoms with Crippen LogP contribution in [0.5, 0.6) is 0 Å². The molecule has 17 heavy (non-hydrogen) atoms. The van der Waals surface area contributed by atoms with E-state index in [0.717, 1.165) is 25.9 Å². The van der Waals surface area contributed by atoms with Crippen molar-refractivity contribution in [1.82, 2.24) is 4.90 Å². The maximum atomic E-state index is 12.3. The molecule has 0 bridgehead atoms. The third kappa shape index (κ3) is 2.36. The number of hydrogen-bond donors (Lipinski definition) is 1. The fraction of sp³-hybridized carbons (Fsp3) is 0.615. The second-order valence-electron chi connectivity index (χ2n) is 4.76. The first-order valence-electron chi connectivity index (χ1n) is 6.22. The molecule has 94 valence electrons. The zero-order valence-corrected chi connectivity index (χ0v) is 10.5. The van der Waals surface area contributed by atoms with E-state index in [0.29, 0.717) is 17.2 Å². The molecule has 2 rings (SSSR count). The van der Waals surface area contributed by atoms with Crippen LogP contribution in [-0.4, -0.2) is 29.9 Å². The molecule has 0 spiro atoms. The van der Waals surface area contributed by atoms with Gasteiger partial charge in [0.25, 0.3) is 5.91 Å². The van der Waals surface area contributed by atoms with Gasteiger partial charge in [-0.15, -0.1) is 0 Å². The maximum Gasteiger partial charge on any atom is 0.257 e. The number of aryl methyl sites for hydroxylation is 1. The first kappa shape index (κ1) is 12.2. The van der Waals surface area contributed by atoms with Crippen molar-refractivity contribution in [1.29, 1.82) is 0 Å². The highest BCUT2D eigenvalue weighted by Crippen LogP contribution is 2.21. The van der Waals surface area contributed by atoms with Crippen molar-refractivity contribution in [3.05, 3.63) is 23.7 Å². The molecule has 1 aromatic heterocycles. The highest BCUT2D eigenvalue weighted by Gasteiger charge is 2.29. The van der Waals surface area contributed by atoms with E-state index in [1.54, 1.807) is 12.3 Å². The molecule has 0 aliphatic carbocycles. The van der Waals surface area contributed by atoms with Crippen molar-refractivity contribution in [3.63, 3.8) is 0 Å². The van der Waals surface area contributed by atoms with Gasteiger partial charge in [-0.2, -0.15) is 0 Å². The van der Waals surface area contributed by atoms with E-state index in [2.05, 4.69) is 6.92 Å². The van der Waals surface area contributed by atoms with Crippen LogP contribution in [-0.2, 0) is 0 Å². The number of nitrogens with zero attached hydrogens (tertiary/aromatic N) is 1. The van der Waals surface area contributed by atoms with Gasteiger partial charge in [-0.25, -0.2) is 0 Å². The first-order chi connectivity index (χ1) is 8.13. The van der Waals surface area contributed by atoms with Crippen molar-refractivity contribution in [2.24, 2.45) is 11.7 Å². The minimum atomic E-state index is 0.0709. The summed E-state index contributed by atoms with van der Waals surface area (Å²) in [5.41, 5.74) is 6.72. The molecule has 0 saturated carbocycles. The van der Waals surface area contributed by atoms with Gasteiger partial charge < -0.3 is 15.1 Å². The van der Waals surface area contributed by atoms with E-state index in [1.807, 2.05) is 11.8 Å². The lowest BCUT2D eigenvalue weighted by Crippen LogP contribution is -2.49. The van der Waals surface area contributed by atoms with Gasteiger partial charge in [0.15, 0.2) is 0 Å². The molecular weight excluding hydrogens is 216 g/mol. The SMILES string of the molecule is CCC1CN(C(=O)c2ccoc2C)CCC1N. The fourth-order valence-corrected chi connectivity index (χ4v) is 2.44. The summed E-state index contributed by atoms with van der Waals surface area (Å²) in [7, 11) is 0. The third-order valence-electron chi connectivity index (χ3n) is 3.69. The Hall–Kier alpha value is -1.29. The molecule has 1 aliphatic heterocycles. The summed E-state index contributed by atoms with van der Waals surface area (Å²) in [6.45, 7) is 5.46. The van der Waals surface area contributed by atoms with Gasteiger partial charge in [0.05, 0.1) is 11.8 Å². The molecule has 1 fully saturated rings. The topological polar surface area (TPSA) is 59.5 Å². The van der Waals surface area contributed by atoms with Crippen LogP contribution in [0.25, 0.3) is 0 Å². The molecule has 2 unspecified atom stereocenters. The summed E-state index contributed by atoms with van der Waals surface area (Å²) in [6.07, 6.45) is 3.48. The maximum absolute atomic E-state index is 12.3. The number of nitrogens with two attached hydrogens (primary N) is 1. The lowest BCUT2D eigenvalue weighted by molar-refractivity contribution is 0.0647. The van der Waals surface area contributed by atoms with Crippen LogP contribution in [0.2, 0.25) is 0 Å². The Labute approximate surface area is 102 Å². The smallest absolute Gasteiger partial charge is 0.257 e. The molecule has 2 heterocycles. The Bertz CT molecular complexity index is 400. The molecule has 4 heteroatoms. The van der Waals surface area contributed by atoms with E-state index in [9.17, 15) is 4.79 Å². The minimum absolute atomic E-state index is 0.0709. The van der Waals surface area contributed by atoms with Gasteiger partial charge in [0, 0.05) is 19.1 Å². The van der Waals surface area contributed by atoms with E-state index >= 15 is 0 Å². The Balaban J connectivity index is 2.09. The van der Waals surface area contributed by atoms with Crippen LogP contribution < -0.4 is 5.73 Å². The van der Waals surface area contributed by atoms with Crippen molar-refractivity contribution < 1.29 is 9.21 Å². The molecule has 1 saturated heterocycles. The number of hydrogen-bond acceptors (Lipinski definition) is 3. The van der Waals surface area contributed by atoms with Crippen molar-refractivity contribution >= 4 is 5.91 Å². The van der Waals surface area contributed by atoms with Gasteiger partial charge in [0.1, 0.15) is 5.76 Å². The number of furan rings is 1. The van der Waals surface area contributed by atoms with Crippen LogP contribution in [0.15, 0.2) is 16.7 Å². The Morgan fingerprint density at radius 3 is 3.00 bits per heavy atom. The Kier molecular flexibility index (Phi) is 3.52. The third-order valence-corrected chi connectivity index (χ3v) is 3.69. The first-order valence-corrected chi connectivity index (χ1v) is 6.22. The van der Waals surface area contributed by atoms with Crippen LogP contribution in [0.4, 0.5) is 0 Å². The normalized spacial score (nSPS) is 25.0. The average Bonchev–Trinajstić information content (AvgIpc) is 2.75. The molecule has 0 aromatic carbocycles. The predicted molar refractivity (Wildman–Crippen MR) is 65.7 cm³/mol. The Morgan fingerprint density at radius 2 is 2.41 bits per heavy atom. The Morgan fingerprint density at radius 1 is 1.65 bits per heavy atom. The fourth-order valence-electron chi connectivity index (χ4n) is 2.44. The predicted octanol–water partition coefficient (Wildman–Crippen LogP) is 1.79. The molecular formula is C13H20N2O2. The quantitative estimate of drug-likeness (QED) is 0.851. The summed E-state index contributed by atoms with van der Waals surface area (Å²) < 4.78 is 5.18. The second-order valence-corrected chi connectivity index (χ2v) is 4.76. The van der Waals surface area contributed by atoms with Gasteiger partial charge >= 0.3 is 0 Å². The summed E-state index contributed by atoms with van der Waals surface area (Å²) in [5.74, 6) is 1.18. The van der Waals surface area contributed by atoms with Crippen molar-refractivity contribution in [2.45, 2.75) is 32.7 Å². The monoisotopic (exact) mass is 236 g/mol. The van der Waals surface area contributed by atoms with Gasteiger partial charge in [-0.05, 0) is 25.3 Å². The van der Waals surface area contributed by atoms with Crippen LogP contribution in [0, 0.1) is 12.8 Å². The average molecular weight is 236 g/mol. The van der Waals surface area contributed by atoms with E-state index in [-0.39, 0.29) is 11.9 Å². The summed E-state index contributed by atoms with van der Waals surface area (Å²) in [4.78, 5) is 14.2. The zero-order valence-electron chi connectivity index (χ0n) is 10.5. The lowest BCUT2D eigenvalue weighted by atomic mass is 9.90. The molecule has 2 atom stereocenters. The molecule has 2 N–H and O–H groups in total. The number of likely N-dealkylation sites (tertiary alicyclic amines) is 1. The van der Waals surface area contributed by atoms with Crippen LogP contribution in [0.3, 0.4) is 0 Å². The standard InChI is InChI=1S/C13H20N2O2/c1-3-10-8-15(6-4-12(10)14)13(16)11-5-7-17-9(11)2/h5,7,10,12H,3-4,6,8,14H2,1-2H3. The largest absolute Gasteiger partial charge is 0.469 e. The lowest BCUT2D eigenvalue weighted by Gasteiger charge is -2.36. The van der Waals surface area contributed by atoms with Gasteiger partial charge in [-0.1, -0.05) is 13.3 Å². The van der Waals surface area contributed by atoms with E-state index in [4.69, 9.17) is 10.2 Å². The number of rotatable bonds is 2. The van der Waals surface area contributed by atoms with Crippen molar-refractivity contribution in [2.75, 3.05) is 13.1 Å². The minimum Gasteiger partial charge on any atom is -0.469 e. The molecule has 1 aromatic rings. The molecule has 1 aliphatic rings. The number of piperidine rings is 1. The van der Waals surface area contributed by atoms with Crippen molar-refractivity contribution in [3.8, 4) is 0 Å². The molecule has 1 amide bonds. The number of amides is 1. The second kappa shape index (κ2) is 4.92. The zero-order chi connectivity index (χ0) is 12.4. The van der Waals surface area contributed by atoms with Gasteiger partial charge in [0.2, 0.25) is 0 Å². The van der Waals surface area contributed by atoms with E-state index < -0.39 is 0 Å². The highest BCUT2D eigenvalue weighted by atomic mass is 16.3. The van der Waals surface area contributed by atoms with Crippen LogP contribution >= 0.6 is 0 Å². The van der Waals surface area contributed by atoms with E-state index in [1.165, 1.54) is 0 Å². The summed E-state index contributed by atoms with van der Waals surface area (Å²) in [6, 6.07) is 1.97. The molecule has 4 nitrogen and oxygen atoms in total. The summed E-state index contributed by atoms with van der Waals surface area (Å²) in [5, 5.41) is 0. The van der Waals surface area contributed by atoms with Gasteiger partial charge in [-0.3, -0.25) is 4.79 Å². The molecule has 0 radical (unpaired) electrons. The summed E-state index contributed by atoms with van der Waals surface area (Å²) >= 11 is 0. The highest BCUT2D eigenvalue weighted by molar-refractivity contribution is 5.95.